The van der Waals surface area contributed by atoms with Gasteiger partial charge >= 0.3 is 5.97 Å². The molecule has 0 aromatic heterocycles. The van der Waals surface area contributed by atoms with Crippen molar-refractivity contribution in [2.75, 3.05) is 6.54 Å². The van der Waals surface area contributed by atoms with Gasteiger partial charge in [-0.25, -0.2) is 4.79 Å². The minimum atomic E-state index is -0.418. The molecule has 0 aliphatic heterocycles. The number of hydrogen-bond donors (Lipinski definition) is 1. The molecule has 0 amide bonds. The van der Waals surface area contributed by atoms with Gasteiger partial charge in [-0.2, -0.15) is 0 Å². The van der Waals surface area contributed by atoms with E-state index >= 15 is 0 Å². The van der Waals surface area contributed by atoms with Gasteiger partial charge in [0.2, 0.25) is 0 Å². The van der Waals surface area contributed by atoms with Crippen LogP contribution >= 0.6 is 0 Å². The van der Waals surface area contributed by atoms with Crippen LogP contribution in [-0.4, -0.2) is 18.1 Å². The van der Waals surface area contributed by atoms with E-state index in [4.69, 9.17) is 4.74 Å². The van der Waals surface area contributed by atoms with E-state index < -0.39 is 5.60 Å². The topological polar surface area (TPSA) is 38.3 Å². The lowest BCUT2D eigenvalue weighted by Gasteiger charge is -2.18. The standard InChI is InChI=1S/C11H21NO2/c1-6-7-12-9(2)8-10(13)14-11(3,4)5/h8,12H,6-7H2,1-5H3/b9-8+. The van der Waals surface area contributed by atoms with Gasteiger partial charge < -0.3 is 10.1 Å². The second-order valence-corrected chi connectivity index (χ2v) is 4.29. The second-order valence-electron chi connectivity index (χ2n) is 4.29. The Morgan fingerprint density at radius 3 is 2.43 bits per heavy atom. The molecular weight excluding hydrogens is 178 g/mol. The van der Waals surface area contributed by atoms with Crippen molar-refractivity contribution in [3.05, 3.63) is 11.8 Å². The summed E-state index contributed by atoms with van der Waals surface area (Å²) in [7, 11) is 0. The number of allylic oxidation sites excluding steroid dienone is 1. The van der Waals surface area contributed by atoms with Crippen molar-refractivity contribution in [3.8, 4) is 0 Å². The number of carbonyl (C=O) groups is 1. The minimum Gasteiger partial charge on any atom is -0.457 e. The Labute approximate surface area is 86.5 Å². The van der Waals surface area contributed by atoms with Crippen molar-refractivity contribution < 1.29 is 9.53 Å². The maximum absolute atomic E-state index is 11.3. The molecule has 0 saturated heterocycles. The third-order valence-corrected chi connectivity index (χ3v) is 1.39. The van der Waals surface area contributed by atoms with Crippen LogP contribution in [0.4, 0.5) is 0 Å². The number of ether oxygens (including phenoxy) is 1. The van der Waals surface area contributed by atoms with Gasteiger partial charge in [-0.3, -0.25) is 0 Å². The van der Waals surface area contributed by atoms with Crippen molar-refractivity contribution in [3.63, 3.8) is 0 Å². The van der Waals surface area contributed by atoms with Crippen LogP contribution in [0.2, 0.25) is 0 Å². The molecule has 0 heterocycles. The van der Waals surface area contributed by atoms with Crippen LogP contribution in [-0.2, 0) is 9.53 Å². The van der Waals surface area contributed by atoms with Crippen LogP contribution in [0.15, 0.2) is 11.8 Å². The van der Waals surface area contributed by atoms with Crippen LogP contribution in [0, 0.1) is 0 Å². The van der Waals surface area contributed by atoms with E-state index in [1.807, 2.05) is 27.7 Å². The van der Waals surface area contributed by atoms with Gasteiger partial charge in [0, 0.05) is 18.3 Å². The van der Waals surface area contributed by atoms with Gasteiger partial charge in [0.1, 0.15) is 5.60 Å². The van der Waals surface area contributed by atoms with E-state index in [1.54, 1.807) is 0 Å². The molecule has 0 fully saturated rings. The normalized spacial score (nSPS) is 12.5. The molecule has 3 heteroatoms. The van der Waals surface area contributed by atoms with E-state index in [1.165, 1.54) is 6.08 Å². The van der Waals surface area contributed by atoms with Gasteiger partial charge in [0.25, 0.3) is 0 Å². The quantitative estimate of drug-likeness (QED) is 0.557. The molecule has 3 nitrogen and oxygen atoms in total. The average Bonchev–Trinajstić information content (AvgIpc) is 1.96. The molecule has 0 spiro atoms. The summed E-state index contributed by atoms with van der Waals surface area (Å²) in [6, 6.07) is 0. The monoisotopic (exact) mass is 199 g/mol. The Hall–Kier alpha value is -0.990. The molecule has 0 aromatic carbocycles. The van der Waals surface area contributed by atoms with E-state index in [-0.39, 0.29) is 5.97 Å². The van der Waals surface area contributed by atoms with Crippen LogP contribution in [0.25, 0.3) is 0 Å². The van der Waals surface area contributed by atoms with Crippen molar-refractivity contribution in [1.82, 2.24) is 5.32 Å². The van der Waals surface area contributed by atoms with E-state index in [0.29, 0.717) is 0 Å². The Bertz CT molecular complexity index is 214. The predicted molar refractivity (Wildman–Crippen MR) is 57.9 cm³/mol. The summed E-state index contributed by atoms with van der Waals surface area (Å²) in [5.74, 6) is -0.293. The average molecular weight is 199 g/mol. The molecule has 1 N–H and O–H groups in total. The zero-order valence-electron chi connectivity index (χ0n) is 9.81. The largest absolute Gasteiger partial charge is 0.457 e. The molecule has 0 aliphatic rings. The highest BCUT2D eigenvalue weighted by atomic mass is 16.6. The van der Waals surface area contributed by atoms with Crippen molar-refractivity contribution in [1.29, 1.82) is 0 Å². The van der Waals surface area contributed by atoms with Crippen molar-refractivity contribution >= 4 is 5.97 Å². The van der Waals surface area contributed by atoms with Gasteiger partial charge in [-0.1, -0.05) is 6.92 Å². The van der Waals surface area contributed by atoms with E-state index in [2.05, 4.69) is 12.2 Å². The first-order valence-corrected chi connectivity index (χ1v) is 5.00. The fourth-order valence-corrected chi connectivity index (χ4v) is 0.881. The third kappa shape index (κ3) is 7.65. The van der Waals surface area contributed by atoms with Crippen molar-refractivity contribution in [2.24, 2.45) is 0 Å². The Morgan fingerprint density at radius 1 is 1.43 bits per heavy atom. The lowest BCUT2D eigenvalue weighted by Crippen LogP contribution is -2.23. The van der Waals surface area contributed by atoms with Crippen LogP contribution in [0.1, 0.15) is 41.0 Å². The Kier molecular flexibility index (Phi) is 5.28. The first kappa shape index (κ1) is 13.0. The summed E-state index contributed by atoms with van der Waals surface area (Å²) >= 11 is 0. The maximum atomic E-state index is 11.3. The molecule has 0 aromatic rings. The highest BCUT2D eigenvalue weighted by Crippen LogP contribution is 2.07. The molecule has 0 radical (unpaired) electrons. The van der Waals surface area contributed by atoms with Gasteiger partial charge in [0.05, 0.1) is 0 Å². The van der Waals surface area contributed by atoms with Gasteiger partial charge in [0.15, 0.2) is 0 Å². The maximum Gasteiger partial charge on any atom is 0.333 e. The Balaban J connectivity index is 4.02. The zero-order chi connectivity index (χ0) is 11.2. The number of esters is 1. The Morgan fingerprint density at radius 2 is 2.00 bits per heavy atom. The number of rotatable bonds is 4. The number of hydrogen-bond acceptors (Lipinski definition) is 3. The molecule has 0 unspecified atom stereocenters. The zero-order valence-corrected chi connectivity index (χ0v) is 9.81. The lowest BCUT2D eigenvalue weighted by molar-refractivity contribution is -0.148. The minimum absolute atomic E-state index is 0.293. The molecule has 0 aliphatic carbocycles. The SMILES string of the molecule is CCCN/C(C)=C/C(=O)OC(C)(C)C. The summed E-state index contributed by atoms with van der Waals surface area (Å²) in [5.41, 5.74) is 0.430. The number of nitrogens with one attached hydrogen (secondary N) is 1. The summed E-state index contributed by atoms with van der Waals surface area (Å²) in [6.07, 6.45) is 2.53. The molecule has 0 saturated carbocycles. The van der Waals surface area contributed by atoms with Crippen LogP contribution < -0.4 is 5.32 Å². The van der Waals surface area contributed by atoms with Crippen molar-refractivity contribution in [2.45, 2.75) is 46.6 Å². The molecule has 0 rings (SSSR count). The second kappa shape index (κ2) is 5.68. The van der Waals surface area contributed by atoms with E-state index in [9.17, 15) is 4.79 Å². The van der Waals surface area contributed by atoms with E-state index in [0.717, 1.165) is 18.7 Å². The summed E-state index contributed by atoms with van der Waals surface area (Å²) in [5, 5.41) is 3.11. The molecule has 82 valence electrons. The van der Waals surface area contributed by atoms with Crippen LogP contribution in [0.5, 0.6) is 0 Å². The lowest BCUT2D eigenvalue weighted by atomic mass is 10.2. The summed E-state index contributed by atoms with van der Waals surface area (Å²) < 4.78 is 5.13. The first-order chi connectivity index (χ1) is 6.35. The number of carbonyl (C=O) groups excluding carboxylic acids is 1. The smallest absolute Gasteiger partial charge is 0.333 e. The molecule has 0 bridgehead atoms. The summed E-state index contributed by atoms with van der Waals surface area (Å²) in [6.45, 7) is 10.4. The molecule has 0 atom stereocenters. The molecule has 14 heavy (non-hydrogen) atoms. The predicted octanol–water partition coefficient (Wildman–Crippen LogP) is 2.23. The van der Waals surface area contributed by atoms with Crippen LogP contribution in [0.3, 0.4) is 0 Å². The summed E-state index contributed by atoms with van der Waals surface area (Å²) in [4.78, 5) is 11.3. The fourth-order valence-electron chi connectivity index (χ4n) is 0.881. The molecular formula is C11H21NO2. The highest BCUT2D eigenvalue weighted by Gasteiger charge is 2.14. The first-order valence-electron chi connectivity index (χ1n) is 5.00. The highest BCUT2D eigenvalue weighted by molar-refractivity contribution is 5.82. The fraction of sp³-hybridized carbons (Fsp3) is 0.727. The van der Waals surface area contributed by atoms with Gasteiger partial charge in [-0.15, -0.1) is 0 Å². The third-order valence-electron chi connectivity index (χ3n) is 1.39. The van der Waals surface area contributed by atoms with Gasteiger partial charge in [-0.05, 0) is 34.1 Å².